The molecule has 0 saturated heterocycles. The molecule has 0 unspecified atom stereocenters. The van der Waals surface area contributed by atoms with Crippen LogP contribution in [0.15, 0.2) is 176 Å². The molecule has 30 heteroatoms. The molecule has 10 rings (SSSR count). The van der Waals surface area contributed by atoms with Crippen LogP contribution >= 0.6 is 7.92 Å². The van der Waals surface area contributed by atoms with Crippen molar-refractivity contribution in [3.05, 3.63) is 238 Å². The Bertz CT molecular complexity index is 3110. The molecule has 533 valence electrons. The predicted molar refractivity (Wildman–Crippen MR) is 315 cm³/mol. The van der Waals surface area contributed by atoms with E-state index in [-0.39, 0.29) is 33.8 Å². The van der Waals surface area contributed by atoms with Gasteiger partial charge in [0.05, 0.1) is 44.5 Å². The monoisotopic (exact) mass is 1610 g/mol. The van der Waals surface area contributed by atoms with E-state index in [2.05, 4.69) is 90.2 Å². The van der Waals surface area contributed by atoms with Crippen molar-refractivity contribution in [1.82, 2.24) is 0 Å². The van der Waals surface area contributed by atoms with Gasteiger partial charge in [-0.3, -0.25) is 0 Å². The van der Waals surface area contributed by atoms with Crippen LogP contribution in [0.4, 0.5) is 119 Å². The number of allylic oxidation sites excluding steroid dienone is 8. The first-order chi connectivity index (χ1) is 43.8. The SMILES string of the molecule is C1=CC2C=CC1C2.C1=CC2C=CC1C2.CC(C)P(C(C)C)C(C)C.FC(F)(F)c1cc([B-](c2cc(C(F)(F)F)cc(C(F)(F)F)c2)(c2cc(C(F)(F)F)cc(C(F)(F)F)c2)c2cc(C(F)(F)F)cc(C(F)(F)F)c2)cc(C(F)(F)F)c1.Fc1cccc(F)c1.Fc1ccccc1.[Ir]. The fourth-order valence-corrected chi connectivity index (χ4v) is 15.0. The molecular formula is C67H58BF27IrP-. The summed E-state index contributed by atoms with van der Waals surface area (Å²) >= 11 is 0. The second-order valence-electron chi connectivity index (χ2n) is 23.4. The number of rotatable bonds is 7. The molecule has 0 nitrogen and oxygen atoms in total. The first kappa shape index (κ1) is 83.0. The van der Waals surface area contributed by atoms with Crippen LogP contribution in [0, 0.1) is 41.1 Å². The largest absolute Gasteiger partial charge is 0.416 e. The smallest absolute Gasteiger partial charge is 0.207 e. The zero-order valence-corrected chi connectivity index (χ0v) is 54.6. The third kappa shape index (κ3) is 23.3. The summed E-state index contributed by atoms with van der Waals surface area (Å²) in [5.74, 6) is 1.99. The van der Waals surface area contributed by atoms with E-state index in [1.165, 1.54) is 43.2 Å². The molecule has 0 aliphatic heterocycles. The summed E-state index contributed by atoms with van der Waals surface area (Å²) < 4.78 is 377. The minimum atomic E-state index is -6.13. The summed E-state index contributed by atoms with van der Waals surface area (Å²) in [6.45, 7) is 14.1. The van der Waals surface area contributed by atoms with Crippen molar-refractivity contribution in [2.75, 3.05) is 0 Å². The first-order valence-corrected chi connectivity index (χ1v) is 30.3. The molecule has 0 N–H and O–H groups in total. The maximum atomic E-state index is 14.2. The van der Waals surface area contributed by atoms with E-state index in [0.29, 0.717) is 0 Å². The van der Waals surface area contributed by atoms with Gasteiger partial charge in [-0.25, -0.2) is 13.2 Å². The Hall–Kier alpha value is -6.47. The Labute approximate surface area is 554 Å². The van der Waals surface area contributed by atoms with Gasteiger partial charge in [-0.1, -0.05) is 171 Å². The molecule has 4 aliphatic carbocycles. The van der Waals surface area contributed by atoms with Gasteiger partial charge in [0.1, 0.15) is 23.6 Å². The second-order valence-corrected chi connectivity index (χ2v) is 27.3. The summed E-state index contributed by atoms with van der Waals surface area (Å²) in [5, 5.41) is 0. The fourth-order valence-electron chi connectivity index (χ4n) is 11.4. The zero-order chi connectivity index (χ0) is 72.7. The minimum Gasteiger partial charge on any atom is -0.207 e. The van der Waals surface area contributed by atoms with E-state index in [1.54, 1.807) is 18.2 Å². The van der Waals surface area contributed by atoms with Crippen LogP contribution in [0.1, 0.15) is 98.9 Å². The maximum Gasteiger partial charge on any atom is 0.416 e. The van der Waals surface area contributed by atoms with Crippen LogP contribution in [-0.2, 0) is 69.5 Å². The van der Waals surface area contributed by atoms with Gasteiger partial charge in [-0.2, -0.15) is 127 Å². The van der Waals surface area contributed by atoms with Crippen molar-refractivity contribution in [3.63, 3.8) is 0 Å². The van der Waals surface area contributed by atoms with Crippen LogP contribution in [0.3, 0.4) is 0 Å². The third-order valence-electron chi connectivity index (χ3n) is 15.3. The van der Waals surface area contributed by atoms with Crippen molar-refractivity contribution in [2.45, 2.75) is 121 Å². The van der Waals surface area contributed by atoms with Crippen molar-refractivity contribution in [3.8, 4) is 0 Å². The Morgan fingerprint density at radius 2 is 0.464 bits per heavy atom. The van der Waals surface area contributed by atoms with Crippen LogP contribution in [-0.4, -0.2) is 23.1 Å². The number of benzene rings is 6. The molecule has 97 heavy (non-hydrogen) atoms. The van der Waals surface area contributed by atoms with E-state index in [9.17, 15) is 119 Å². The van der Waals surface area contributed by atoms with Gasteiger partial charge in [-0.15, -0.1) is 0 Å². The molecule has 0 heterocycles. The quantitative estimate of drug-likeness (QED) is 0.0647. The van der Waals surface area contributed by atoms with Gasteiger partial charge >= 0.3 is 49.4 Å². The molecule has 4 bridgehead atoms. The van der Waals surface area contributed by atoms with Crippen LogP contribution in [0.2, 0.25) is 0 Å². The maximum absolute atomic E-state index is 14.2. The molecule has 0 aromatic heterocycles. The first-order valence-electron chi connectivity index (χ1n) is 28.8. The molecule has 0 saturated carbocycles. The van der Waals surface area contributed by atoms with E-state index in [0.717, 1.165) is 46.7 Å². The van der Waals surface area contributed by atoms with Crippen molar-refractivity contribution >= 4 is 35.9 Å². The minimum absolute atomic E-state index is 0. The average Bonchev–Trinajstić information content (AvgIpc) is 1.38. The molecule has 1 radical (unpaired) electrons. The van der Waals surface area contributed by atoms with Gasteiger partial charge in [0.2, 0.25) is 0 Å². The van der Waals surface area contributed by atoms with Crippen LogP contribution < -0.4 is 21.9 Å². The van der Waals surface area contributed by atoms with E-state index < -0.39 is 206 Å². The summed E-state index contributed by atoms with van der Waals surface area (Å²) in [6.07, 6.45) is -33.7. The second kappa shape index (κ2) is 32.2. The molecular weight excluding hydrogens is 1550 g/mol. The van der Waals surface area contributed by atoms with E-state index >= 15 is 0 Å². The summed E-state index contributed by atoms with van der Waals surface area (Å²) in [7, 11) is 0.262. The van der Waals surface area contributed by atoms with Gasteiger partial charge < -0.3 is 0 Å². The molecule has 0 spiro atoms. The number of halogens is 27. The van der Waals surface area contributed by atoms with Crippen molar-refractivity contribution < 1.29 is 139 Å². The topological polar surface area (TPSA) is 0 Å². The van der Waals surface area contributed by atoms with E-state index in [4.69, 9.17) is 0 Å². The number of hydrogen-bond donors (Lipinski definition) is 0. The van der Waals surface area contributed by atoms with Gasteiger partial charge in [0.15, 0.2) is 0 Å². The molecule has 0 fully saturated rings. The zero-order valence-electron chi connectivity index (χ0n) is 51.3. The Morgan fingerprint density at radius 1 is 0.278 bits per heavy atom. The molecule has 0 amide bonds. The average molecular weight is 1610 g/mol. The number of hydrogen-bond acceptors (Lipinski definition) is 0. The summed E-state index contributed by atoms with van der Waals surface area (Å²) in [4.78, 5) is 0. The third-order valence-corrected chi connectivity index (χ3v) is 18.8. The normalized spacial score (nSPS) is 17.4. The van der Waals surface area contributed by atoms with Crippen LogP contribution in [0.5, 0.6) is 0 Å². The Morgan fingerprint density at radius 3 is 0.567 bits per heavy atom. The van der Waals surface area contributed by atoms with Crippen molar-refractivity contribution in [1.29, 1.82) is 0 Å². The number of fused-ring (bicyclic) bond motifs is 4. The Kier molecular flexibility index (Phi) is 27.6. The van der Waals surface area contributed by atoms with Crippen molar-refractivity contribution in [2.24, 2.45) is 23.7 Å². The van der Waals surface area contributed by atoms with Gasteiger partial charge in [0.25, 0.3) is 0 Å². The molecule has 0 atom stereocenters. The van der Waals surface area contributed by atoms with Crippen LogP contribution in [0.25, 0.3) is 0 Å². The summed E-state index contributed by atoms with van der Waals surface area (Å²) in [5.41, 5.74) is -27.5. The molecule has 4 aliphatic rings. The standard InChI is InChI=1S/C32H12BF24.C9H21P.2C7H8.C6H4F2.C6H5F.Ir/c34-25(35,36)13-1-14(26(37,38)39)6-21(5-13)33(22-7-15(27(40,41)42)2-16(8-22)28(43,44)45,23-9-17(29(46,47)48)3-18(10-23)30(49,50)51)24-11-19(31(52,53)54)4-20(12-24)32(55,56)57;1-7(2)10(8(3)4)9(5)6;2*1-2-7-4-3-6(1)5-7;7-5-2-1-3-6(8)4-5;7-6-4-2-1-3-5-6;/h1-12H;7-9H,1-6H3;2*1-4,6-7H,5H2;1-4H;1-5H;/q-1;;;;;;. The Balaban J connectivity index is 0.000000390. The van der Waals surface area contributed by atoms with Gasteiger partial charge in [0, 0.05) is 26.2 Å². The van der Waals surface area contributed by atoms with Gasteiger partial charge in [-0.05, 0) is 102 Å². The predicted octanol–water partition coefficient (Wildman–Crippen LogP) is 22.2. The number of alkyl halides is 24. The summed E-state index contributed by atoms with van der Waals surface area (Å²) in [6, 6.07) is 3.68. The fraction of sp³-hybridized carbons (Fsp3) is 0.343. The van der Waals surface area contributed by atoms with E-state index in [1.807, 2.05) is 0 Å². The molecule has 6 aromatic carbocycles. The molecule has 6 aromatic rings.